The Morgan fingerprint density at radius 1 is 1.19 bits per heavy atom. The van der Waals surface area contributed by atoms with E-state index in [0.717, 1.165) is 43.7 Å². The van der Waals surface area contributed by atoms with Gasteiger partial charge in [-0.15, -0.1) is 0 Å². The molecule has 1 fully saturated rings. The van der Waals surface area contributed by atoms with Gasteiger partial charge >= 0.3 is 0 Å². The fourth-order valence-corrected chi connectivity index (χ4v) is 5.26. The summed E-state index contributed by atoms with van der Waals surface area (Å²) in [4.78, 5) is 6.95. The summed E-state index contributed by atoms with van der Waals surface area (Å²) in [7, 11) is 4.14. The summed E-state index contributed by atoms with van der Waals surface area (Å²) >= 11 is 0. The minimum absolute atomic E-state index is 0. The molecule has 4 nitrogen and oxygen atoms in total. The van der Waals surface area contributed by atoms with Gasteiger partial charge in [0.25, 0.3) is 0 Å². The molecule has 1 aliphatic heterocycles. The maximum atomic E-state index is 14.5. The van der Waals surface area contributed by atoms with Crippen LogP contribution in [0.1, 0.15) is 69.0 Å². The average molecular weight is 373 g/mol. The first-order valence-electron chi connectivity index (χ1n) is 9.58. The number of halogens is 1. The van der Waals surface area contributed by atoms with E-state index in [9.17, 15) is 4.39 Å². The minimum Gasteiger partial charge on any atom is -0.306 e. The smallest absolute Gasteiger partial charge is 0.138 e. The summed E-state index contributed by atoms with van der Waals surface area (Å²) in [6, 6.07) is 3.93. The summed E-state index contributed by atoms with van der Waals surface area (Å²) in [6.45, 7) is 8.55. The number of nitrogens with zero attached hydrogens (tertiary/aromatic N) is 4. The normalized spacial score (nSPS) is 21.9. The Balaban J connectivity index is 0.00000210. The second kappa shape index (κ2) is 6.69. The van der Waals surface area contributed by atoms with E-state index in [4.69, 9.17) is 0 Å². The molecule has 1 unspecified atom stereocenters. The summed E-state index contributed by atoms with van der Waals surface area (Å²) < 4.78 is 16.4. The Morgan fingerprint density at radius 3 is 2.44 bits per heavy atom. The second-order valence-electron chi connectivity index (χ2n) is 8.96. The van der Waals surface area contributed by atoms with Crippen molar-refractivity contribution >= 4 is 0 Å². The highest BCUT2D eigenvalue weighted by atomic mass is 19.1. The van der Waals surface area contributed by atoms with E-state index in [1.165, 1.54) is 11.1 Å². The Labute approximate surface area is 162 Å². The van der Waals surface area contributed by atoms with Crippen LogP contribution in [0.4, 0.5) is 4.39 Å². The number of benzene rings is 1. The predicted octanol–water partition coefficient (Wildman–Crippen LogP) is 4.33. The Bertz CT molecular complexity index is 831. The molecule has 4 rings (SSSR count). The number of aryl methyl sites for hydroxylation is 2. The van der Waals surface area contributed by atoms with Gasteiger partial charge in [0, 0.05) is 12.5 Å². The van der Waals surface area contributed by atoms with Gasteiger partial charge in [-0.1, -0.05) is 27.3 Å². The molecule has 0 N–H and O–H groups in total. The van der Waals surface area contributed by atoms with E-state index in [1.807, 2.05) is 24.7 Å². The van der Waals surface area contributed by atoms with Crippen molar-refractivity contribution in [3.05, 3.63) is 46.8 Å². The number of rotatable bonds is 2. The van der Waals surface area contributed by atoms with Crippen molar-refractivity contribution in [3.63, 3.8) is 0 Å². The van der Waals surface area contributed by atoms with E-state index >= 15 is 0 Å². The molecule has 27 heavy (non-hydrogen) atoms. The number of aromatic nitrogens is 3. The van der Waals surface area contributed by atoms with Crippen LogP contribution in [0.5, 0.6) is 0 Å². The summed E-state index contributed by atoms with van der Waals surface area (Å²) in [5.74, 6) is 1.25. The maximum absolute atomic E-state index is 14.5. The standard InChI is InChI=1S/C21H29FN4.CH4/c1-14-10-15-16(11-18(14)22)21(6-8-25(4)9-7-21)12-17(15)20(2,3)19-23-13-24-26(19)5;/h10-11,13,17H,6-9,12H2,1-5H3;1H4. The highest BCUT2D eigenvalue weighted by molar-refractivity contribution is 5.48. The van der Waals surface area contributed by atoms with Crippen molar-refractivity contribution < 1.29 is 4.39 Å². The first-order valence-corrected chi connectivity index (χ1v) is 9.58. The topological polar surface area (TPSA) is 34.0 Å². The molecular formula is C22H33FN4. The third kappa shape index (κ3) is 3.00. The lowest BCUT2D eigenvalue weighted by atomic mass is 9.69. The molecule has 5 heteroatoms. The van der Waals surface area contributed by atoms with Crippen LogP contribution in [0.15, 0.2) is 18.5 Å². The molecule has 2 aromatic rings. The van der Waals surface area contributed by atoms with Crippen molar-refractivity contribution in [1.29, 1.82) is 0 Å². The van der Waals surface area contributed by atoms with Crippen LogP contribution in [0.3, 0.4) is 0 Å². The zero-order valence-corrected chi connectivity index (χ0v) is 16.5. The number of hydrogen-bond donors (Lipinski definition) is 0. The Morgan fingerprint density at radius 2 is 1.85 bits per heavy atom. The predicted molar refractivity (Wildman–Crippen MR) is 108 cm³/mol. The van der Waals surface area contributed by atoms with Crippen LogP contribution in [-0.2, 0) is 17.9 Å². The minimum atomic E-state index is -0.156. The molecule has 1 aromatic heterocycles. The highest BCUT2D eigenvalue weighted by Gasteiger charge is 2.51. The molecule has 0 radical (unpaired) electrons. The molecular weight excluding hydrogens is 339 g/mol. The van der Waals surface area contributed by atoms with Gasteiger partial charge in [-0.2, -0.15) is 5.10 Å². The SMILES string of the molecule is C.Cc1cc2c(cc1F)C1(CCN(C)CC1)CC2C(C)(C)c1ncnn1C. The van der Waals surface area contributed by atoms with Crippen LogP contribution in [-0.4, -0.2) is 39.8 Å². The van der Waals surface area contributed by atoms with Crippen molar-refractivity contribution in [1.82, 2.24) is 19.7 Å². The third-order valence-corrected chi connectivity index (χ3v) is 6.98. The van der Waals surface area contributed by atoms with Gasteiger partial charge in [-0.05, 0) is 80.4 Å². The molecule has 1 aliphatic carbocycles. The van der Waals surface area contributed by atoms with E-state index in [1.54, 1.807) is 6.33 Å². The molecule has 1 spiro atoms. The largest absolute Gasteiger partial charge is 0.306 e. The van der Waals surface area contributed by atoms with E-state index < -0.39 is 0 Å². The molecule has 1 atom stereocenters. The molecule has 2 heterocycles. The van der Waals surface area contributed by atoms with Gasteiger partial charge in [0.2, 0.25) is 0 Å². The molecule has 1 saturated heterocycles. The number of fused-ring (bicyclic) bond motifs is 2. The van der Waals surface area contributed by atoms with Gasteiger partial charge in [-0.25, -0.2) is 9.37 Å². The zero-order valence-electron chi connectivity index (χ0n) is 16.5. The average Bonchev–Trinajstić information content (AvgIpc) is 3.15. The van der Waals surface area contributed by atoms with Crippen LogP contribution < -0.4 is 0 Å². The van der Waals surface area contributed by atoms with E-state index in [0.29, 0.717) is 5.92 Å². The second-order valence-corrected chi connectivity index (χ2v) is 8.96. The molecule has 0 bridgehead atoms. The first kappa shape index (κ1) is 20.0. The van der Waals surface area contributed by atoms with Crippen molar-refractivity contribution in [3.8, 4) is 0 Å². The molecule has 1 aromatic carbocycles. The van der Waals surface area contributed by atoms with E-state index in [2.05, 4.69) is 41.9 Å². The lowest BCUT2D eigenvalue weighted by Gasteiger charge is -2.40. The lowest BCUT2D eigenvalue weighted by Crippen LogP contribution is -2.40. The molecule has 0 saturated carbocycles. The van der Waals surface area contributed by atoms with Crippen LogP contribution in [0.2, 0.25) is 0 Å². The van der Waals surface area contributed by atoms with E-state index in [-0.39, 0.29) is 24.1 Å². The molecule has 2 aliphatic rings. The zero-order chi connectivity index (χ0) is 18.7. The van der Waals surface area contributed by atoms with Gasteiger partial charge < -0.3 is 4.90 Å². The number of hydrogen-bond acceptors (Lipinski definition) is 3. The lowest BCUT2D eigenvalue weighted by molar-refractivity contribution is 0.172. The number of piperidine rings is 1. The van der Waals surface area contributed by atoms with Gasteiger partial charge in [0.05, 0.1) is 0 Å². The van der Waals surface area contributed by atoms with Crippen LogP contribution in [0, 0.1) is 12.7 Å². The third-order valence-electron chi connectivity index (χ3n) is 6.98. The fourth-order valence-electron chi connectivity index (χ4n) is 5.26. The van der Waals surface area contributed by atoms with Crippen LogP contribution in [0.25, 0.3) is 0 Å². The van der Waals surface area contributed by atoms with Crippen LogP contribution >= 0.6 is 0 Å². The van der Waals surface area contributed by atoms with Crippen molar-refractivity contribution in [2.45, 2.75) is 64.2 Å². The first-order chi connectivity index (χ1) is 12.2. The van der Waals surface area contributed by atoms with Crippen molar-refractivity contribution in [2.24, 2.45) is 7.05 Å². The summed E-state index contributed by atoms with van der Waals surface area (Å²) in [5.41, 5.74) is 3.25. The molecule has 148 valence electrons. The summed E-state index contributed by atoms with van der Waals surface area (Å²) in [6.07, 6.45) is 4.90. The Hall–Kier alpha value is -1.75. The van der Waals surface area contributed by atoms with Gasteiger partial charge in [0.1, 0.15) is 18.0 Å². The summed E-state index contributed by atoms with van der Waals surface area (Å²) in [5, 5.41) is 4.29. The van der Waals surface area contributed by atoms with Crippen molar-refractivity contribution in [2.75, 3.05) is 20.1 Å². The van der Waals surface area contributed by atoms with Gasteiger partial charge in [-0.3, -0.25) is 4.68 Å². The van der Waals surface area contributed by atoms with Gasteiger partial charge in [0.15, 0.2) is 0 Å². The maximum Gasteiger partial charge on any atom is 0.138 e. The highest BCUT2D eigenvalue weighted by Crippen LogP contribution is 2.57. The monoisotopic (exact) mass is 372 g/mol. The number of likely N-dealkylation sites (tertiary alicyclic amines) is 1. The fraction of sp³-hybridized carbons (Fsp3) is 0.636. The molecule has 0 amide bonds. The quantitative estimate of drug-likeness (QED) is 0.787. The Kier molecular flexibility index (Phi) is 4.96.